The number of halogens is 1. The van der Waals surface area contributed by atoms with E-state index in [0.29, 0.717) is 30.2 Å². The van der Waals surface area contributed by atoms with Gasteiger partial charge in [-0.25, -0.2) is 4.79 Å². The first-order valence-corrected chi connectivity index (χ1v) is 11.5. The summed E-state index contributed by atoms with van der Waals surface area (Å²) in [7, 11) is 0. The predicted octanol–water partition coefficient (Wildman–Crippen LogP) is 5.31. The molecule has 7 heteroatoms. The zero-order valence-electron chi connectivity index (χ0n) is 19.2. The van der Waals surface area contributed by atoms with Crippen molar-refractivity contribution in [3.63, 3.8) is 0 Å². The summed E-state index contributed by atoms with van der Waals surface area (Å²) in [5.74, 6) is -0.0283. The van der Waals surface area contributed by atoms with Crippen LogP contribution in [0.15, 0.2) is 30.5 Å². The van der Waals surface area contributed by atoms with Crippen molar-refractivity contribution in [2.75, 3.05) is 13.1 Å². The molecule has 170 valence electrons. The normalized spacial score (nSPS) is 18.5. The number of carbonyl (C=O) groups excluding carboxylic acids is 2. The first-order chi connectivity index (χ1) is 15.1. The highest BCUT2D eigenvalue weighted by atomic mass is 35.5. The molecule has 2 aliphatic rings. The highest BCUT2D eigenvalue weighted by molar-refractivity contribution is 6.30. The smallest absolute Gasteiger partial charge is 0.410 e. The number of pyridine rings is 1. The van der Waals surface area contributed by atoms with Crippen molar-refractivity contribution in [2.45, 2.75) is 65.1 Å². The third-order valence-corrected chi connectivity index (χ3v) is 6.25. The second-order valence-electron chi connectivity index (χ2n) is 9.63. The Bertz CT molecular complexity index is 1030. The largest absolute Gasteiger partial charge is 0.444 e. The van der Waals surface area contributed by atoms with E-state index in [1.807, 2.05) is 61.8 Å². The van der Waals surface area contributed by atoms with Gasteiger partial charge in [0, 0.05) is 36.5 Å². The number of hydrogen-bond donors (Lipinski definition) is 0. The summed E-state index contributed by atoms with van der Waals surface area (Å²) in [6.45, 7) is 9.30. The molecule has 3 heterocycles. The first kappa shape index (κ1) is 22.6. The fourth-order valence-corrected chi connectivity index (χ4v) is 4.78. The van der Waals surface area contributed by atoms with Crippen molar-refractivity contribution in [2.24, 2.45) is 0 Å². The maximum atomic E-state index is 13.1. The molecule has 0 radical (unpaired) electrons. The van der Waals surface area contributed by atoms with Crippen LogP contribution >= 0.6 is 11.6 Å². The molecule has 2 aromatic rings. The number of carbonyl (C=O) groups is 2. The van der Waals surface area contributed by atoms with Crippen molar-refractivity contribution in [1.29, 1.82) is 0 Å². The molecule has 1 unspecified atom stereocenters. The summed E-state index contributed by atoms with van der Waals surface area (Å²) in [6.07, 6.45) is 3.82. The molecule has 0 spiro atoms. The Kier molecular flexibility index (Phi) is 6.17. The van der Waals surface area contributed by atoms with E-state index in [1.54, 1.807) is 6.20 Å². The lowest BCUT2D eigenvalue weighted by atomic mass is 9.90. The molecule has 4 rings (SSSR count). The molecule has 32 heavy (non-hydrogen) atoms. The molecule has 1 aromatic heterocycles. The van der Waals surface area contributed by atoms with E-state index in [1.165, 1.54) is 0 Å². The molecule has 1 saturated heterocycles. The number of hydrogen-bond acceptors (Lipinski definition) is 4. The topological polar surface area (TPSA) is 62.7 Å². The summed E-state index contributed by atoms with van der Waals surface area (Å²) >= 11 is 6.48. The molecule has 0 N–H and O–H groups in total. The van der Waals surface area contributed by atoms with Crippen LogP contribution in [0.25, 0.3) is 0 Å². The highest BCUT2D eigenvalue weighted by Crippen LogP contribution is 2.39. The number of amides is 2. The third-order valence-electron chi connectivity index (χ3n) is 6.03. The number of benzene rings is 1. The second kappa shape index (κ2) is 8.74. The van der Waals surface area contributed by atoms with Gasteiger partial charge in [0.2, 0.25) is 0 Å². The number of ether oxygens (including phenoxy) is 1. The van der Waals surface area contributed by atoms with Crippen molar-refractivity contribution in [3.05, 3.63) is 63.4 Å². The zero-order valence-corrected chi connectivity index (χ0v) is 19.9. The van der Waals surface area contributed by atoms with Gasteiger partial charge < -0.3 is 14.5 Å². The number of aryl methyl sites for hydroxylation is 1. The lowest BCUT2D eigenvalue weighted by Crippen LogP contribution is -2.39. The predicted molar refractivity (Wildman–Crippen MR) is 124 cm³/mol. The van der Waals surface area contributed by atoms with Crippen LogP contribution in [0.4, 0.5) is 4.79 Å². The third kappa shape index (κ3) is 4.75. The number of likely N-dealkylation sites (tertiary alicyclic amines) is 1. The Labute approximate surface area is 194 Å². The molecule has 6 nitrogen and oxygen atoms in total. The summed E-state index contributed by atoms with van der Waals surface area (Å²) in [4.78, 5) is 33.9. The molecule has 2 aliphatic heterocycles. The van der Waals surface area contributed by atoms with Crippen molar-refractivity contribution in [1.82, 2.24) is 14.8 Å². The van der Waals surface area contributed by atoms with Gasteiger partial charge in [0.15, 0.2) is 0 Å². The van der Waals surface area contributed by atoms with Crippen molar-refractivity contribution >= 4 is 23.6 Å². The molecule has 0 saturated carbocycles. The molecule has 1 aromatic carbocycles. The molecule has 0 bridgehead atoms. The summed E-state index contributed by atoms with van der Waals surface area (Å²) in [5, 5.41) is 0.664. The van der Waals surface area contributed by atoms with Gasteiger partial charge in [-0.05, 0) is 87.9 Å². The number of fused-ring (bicyclic) bond motifs is 1. The van der Waals surface area contributed by atoms with E-state index in [4.69, 9.17) is 16.3 Å². The average molecular weight is 456 g/mol. The van der Waals surface area contributed by atoms with Crippen LogP contribution in [0.1, 0.15) is 72.4 Å². The van der Waals surface area contributed by atoms with Gasteiger partial charge >= 0.3 is 6.09 Å². The van der Waals surface area contributed by atoms with Crippen molar-refractivity contribution < 1.29 is 14.3 Å². The Morgan fingerprint density at radius 3 is 2.66 bits per heavy atom. The fourth-order valence-electron chi connectivity index (χ4n) is 4.53. The lowest BCUT2D eigenvalue weighted by molar-refractivity contribution is 0.0222. The molecule has 0 aliphatic carbocycles. The Hall–Kier alpha value is -2.60. The Morgan fingerprint density at radius 2 is 1.97 bits per heavy atom. The molecular weight excluding hydrogens is 426 g/mol. The average Bonchev–Trinajstić information content (AvgIpc) is 3.21. The minimum Gasteiger partial charge on any atom is -0.444 e. The first-order valence-electron chi connectivity index (χ1n) is 11.1. The number of rotatable bonds is 2. The van der Waals surface area contributed by atoms with E-state index in [2.05, 4.69) is 4.98 Å². The van der Waals surface area contributed by atoms with Gasteiger partial charge in [-0.15, -0.1) is 0 Å². The van der Waals surface area contributed by atoms with Crippen LogP contribution in [-0.2, 0) is 17.7 Å². The van der Waals surface area contributed by atoms with Crippen molar-refractivity contribution in [3.8, 4) is 0 Å². The van der Waals surface area contributed by atoms with Crippen LogP contribution in [0.5, 0.6) is 0 Å². The van der Waals surface area contributed by atoms with E-state index >= 15 is 0 Å². The standard InChI is InChI=1S/C25H30ClN3O3/c1-16-7-8-18(14-27-16)23(30)28-11-9-17-12-19(26)13-20(21(17)15-28)22-6-5-10-29(22)24(31)32-25(2,3)4/h7-8,12-14,22H,5-6,9-11,15H2,1-4H3. The lowest BCUT2D eigenvalue weighted by Gasteiger charge is -2.34. The monoisotopic (exact) mass is 455 g/mol. The van der Waals surface area contributed by atoms with E-state index < -0.39 is 5.60 Å². The zero-order chi connectivity index (χ0) is 23.0. The maximum Gasteiger partial charge on any atom is 0.410 e. The summed E-state index contributed by atoms with van der Waals surface area (Å²) < 4.78 is 5.66. The van der Waals surface area contributed by atoms with Crippen LogP contribution in [0.2, 0.25) is 5.02 Å². The van der Waals surface area contributed by atoms with Crippen LogP contribution in [0.3, 0.4) is 0 Å². The van der Waals surface area contributed by atoms with Crippen LogP contribution in [-0.4, -0.2) is 45.5 Å². The quantitative estimate of drug-likeness (QED) is 0.615. The number of aromatic nitrogens is 1. The van der Waals surface area contributed by atoms with E-state index in [-0.39, 0.29) is 18.0 Å². The van der Waals surface area contributed by atoms with E-state index in [9.17, 15) is 9.59 Å². The summed E-state index contributed by atoms with van der Waals surface area (Å²) in [5.41, 5.74) is 4.18. The van der Waals surface area contributed by atoms with Gasteiger partial charge in [0.1, 0.15) is 5.60 Å². The molecule has 1 atom stereocenters. The van der Waals surface area contributed by atoms with Gasteiger partial charge in [-0.1, -0.05) is 11.6 Å². The molecular formula is C25H30ClN3O3. The second-order valence-corrected chi connectivity index (χ2v) is 10.1. The van der Waals surface area contributed by atoms with Crippen LogP contribution < -0.4 is 0 Å². The minimum absolute atomic E-state index is 0.0283. The highest BCUT2D eigenvalue weighted by Gasteiger charge is 2.36. The van der Waals surface area contributed by atoms with Gasteiger partial charge in [-0.3, -0.25) is 9.78 Å². The minimum atomic E-state index is -0.552. The maximum absolute atomic E-state index is 13.1. The van der Waals surface area contributed by atoms with E-state index in [0.717, 1.165) is 41.6 Å². The fraction of sp³-hybridized carbons (Fsp3) is 0.480. The van der Waals surface area contributed by atoms with Gasteiger partial charge in [0.05, 0.1) is 11.6 Å². The van der Waals surface area contributed by atoms with Crippen LogP contribution in [0, 0.1) is 6.92 Å². The Balaban J connectivity index is 1.63. The summed E-state index contributed by atoms with van der Waals surface area (Å²) in [6, 6.07) is 7.52. The number of nitrogens with zero attached hydrogens (tertiary/aromatic N) is 3. The SMILES string of the molecule is Cc1ccc(C(=O)N2CCc3cc(Cl)cc(C4CCCN4C(=O)OC(C)(C)C)c3C2)cn1. The van der Waals surface area contributed by atoms with Gasteiger partial charge in [-0.2, -0.15) is 0 Å². The Morgan fingerprint density at radius 1 is 1.19 bits per heavy atom. The molecule has 2 amide bonds. The molecule has 1 fully saturated rings. The van der Waals surface area contributed by atoms with Gasteiger partial charge in [0.25, 0.3) is 5.91 Å².